The smallest absolute Gasteiger partial charge is 0.368 e. The molecule has 2 aromatic heterocycles. The van der Waals surface area contributed by atoms with Crippen molar-refractivity contribution in [3.05, 3.63) is 35.7 Å². The van der Waals surface area contributed by atoms with Crippen molar-refractivity contribution < 1.29 is 17.7 Å². The van der Waals surface area contributed by atoms with Gasteiger partial charge in [0.15, 0.2) is 0 Å². The second-order valence-electron chi connectivity index (χ2n) is 4.38. The lowest BCUT2D eigenvalue weighted by Crippen LogP contribution is -2.04. The fourth-order valence-corrected chi connectivity index (χ4v) is 2.33. The Hall–Kier alpha value is -2.56. The van der Waals surface area contributed by atoms with Crippen molar-refractivity contribution >= 4 is 17.7 Å². The van der Waals surface area contributed by atoms with Crippen LogP contribution < -0.4 is 5.73 Å². The van der Waals surface area contributed by atoms with Crippen LogP contribution in [-0.4, -0.2) is 25.3 Å². The molecule has 0 aliphatic heterocycles. The Morgan fingerprint density at radius 1 is 1.17 bits per heavy atom. The van der Waals surface area contributed by atoms with E-state index < -0.39 is 11.7 Å². The SMILES string of the molecule is Nc1nc(SCc2nc(-c3ccc(C(F)(F)F)cc3)no2)n[nH]1. The normalized spacial score (nSPS) is 11.8. The van der Waals surface area contributed by atoms with Crippen molar-refractivity contribution in [2.45, 2.75) is 17.1 Å². The van der Waals surface area contributed by atoms with Gasteiger partial charge in [-0.15, -0.1) is 5.10 Å². The van der Waals surface area contributed by atoms with Gasteiger partial charge in [0, 0.05) is 5.56 Å². The third-order valence-corrected chi connectivity index (χ3v) is 3.58. The van der Waals surface area contributed by atoms with Gasteiger partial charge in [-0.05, 0) is 12.1 Å². The van der Waals surface area contributed by atoms with Gasteiger partial charge >= 0.3 is 6.18 Å². The molecular weight excluding hydrogens is 333 g/mol. The van der Waals surface area contributed by atoms with Crippen molar-refractivity contribution in [1.29, 1.82) is 0 Å². The number of aromatic nitrogens is 5. The number of nitrogen functional groups attached to an aromatic ring is 1. The molecule has 0 atom stereocenters. The minimum atomic E-state index is -4.38. The molecule has 0 radical (unpaired) electrons. The monoisotopic (exact) mass is 342 g/mol. The average Bonchev–Trinajstić information content (AvgIpc) is 3.13. The number of aromatic amines is 1. The van der Waals surface area contributed by atoms with Gasteiger partial charge in [0.2, 0.25) is 22.8 Å². The fourth-order valence-electron chi connectivity index (χ4n) is 1.69. The summed E-state index contributed by atoms with van der Waals surface area (Å²) in [6.45, 7) is 0. The van der Waals surface area contributed by atoms with Crippen molar-refractivity contribution in [3.63, 3.8) is 0 Å². The minimum absolute atomic E-state index is 0.198. The molecule has 0 saturated heterocycles. The minimum Gasteiger partial charge on any atom is -0.368 e. The maximum atomic E-state index is 12.5. The standard InChI is InChI=1S/C12H9F3N6OS/c13-12(14,15)7-3-1-6(2-4-7)9-17-8(22-21-9)5-23-11-18-10(16)19-20-11/h1-4H,5H2,(H3,16,18,19,20). The molecule has 0 amide bonds. The van der Waals surface area contributed by atoms with Gasteiger partial charge in [0.25, 0.3) is 0 Å². The van der Waals surface area contributed by atoms with Crippen molar-refractivity contribution in [1.82, 2.24) is 25.3 Å². The number of rotatable bonds is 4. The van der Waals surface area contributed by atoms with Crippen molar-refractivity contribution in [3.8, 4) is 11.4 Å². The Balaban J connectivity index is 1.69. The third kappa shape index (κ3) is 3.62. The molecule has 0 spiro atoms. The van der Waals surface area contributed by atoms with E-state index in [1.807, 2.05) is 0 Å². The molecule has 0 aliphatic rings. The largest absolute Gasteiger partial charge is 0.416 e. The van der Waals surface area contributed by atoms with Crippen LogP contribution in [0, 0.1) is 0 Å². The molecule has 0 unspecified atom stereocenters. The highest BCUT2D eigenvalue weighted by Crippen LogP contribution is 2.30. The van der Waals surface area contributed by atoms with E-state index in [1.54, 1.807) is 0 Å². The van der Waals surface area contributed by atoms with Gasteiger partial charge < -0.3 is 10.3 Å². The van der Waals surface area contributed by atoms with E-state index in [0.717, 1.165) is 12.1 Å². The number of benzene rings is 1. The molecule has 3 N–H and O–H groups in total. The van der Waals surface area contributed by atoms with Crippen LogP contribution in [0.15, 0.2) is 33.9 Å². The number of H-pyrrole nitrogens is 1. The third-order valence-electron chi connectivity index (χ3n) is 2.75. The van der Waals surface area contributed by atoms with Crippen LogP contribution in [0.3, 0.4) is 0 Å². The molecule has 11 heteroatoms. The highest BCUT2D eigenvalue weighted by molar-refractivity contribution is 7.98. The average molecular weight is 342 g/mol. The second-order valence-corrected chi connectivity index (χ2v) is 5.32. The topological polar surface area (TPSA) is 107 Å². The molecule has 2 heterocycles. The highest BCUT2D eigenvalue weighted by Gasteiger charge is 2.30. The number of hydrogen-bond acceptors (Lipinski definition) is 7. The summed E-state index contributed by atoms with van der Waals surface area (Å²) in [7, 11) is 0. The summed E-state index contributed by atoms with van der Waals surface area (Å²) in [4.78, 5) is 8.02. The number of halogens is 3. The number of hydrogen-bond donors (Lipinski definition) is 2. The number of alkyl halides is 3. The summed E-state index contributed by atoms with van der Waals surface area (Å²) in [5, 5.41) is 10.5. The predicted molar refractivity (Wildman–Crippen MR) is 75.1 cm³/mol. The molecule has 0 aliphatic carbocycles. The van der Waals surface area contributed by atoms with E-state index in [1.165, 1.54) is 23.9 Å². The zero-order valence-electron chi connectivity index (χ0n) is 11.3. The number of nitrogens with one attached hydrogen (secondary N) is 1. The Kier molecular flexibility index (Phi) is 3.94. The molecule has 0 fully saturated rings. The van der Waals surface area contributed by atoms with Crippen LogP contribution in [0.5, 0.6) is 0 Å². The Labute approximate surface area is 131 Å². The van der Waals surface area contributed by atoms with Crippen LogP contribution >= 0.6 is 11.8 Å². The van der Waals surface area contributed by atoms with Crippen LogP contribution in [-0.2, 0) is 11.9 Å². The zero-order chi connectivity index (χ0) is 16.4. The van der Waals surface area contributed by atoms with E-state index in [0.29, 0.717) is 22.4 Å². The number of anilines is 1. The number of thioether (sulfide) groups is 1. The molecule has 0 bridgehead atoms. The maximum absolute atomic E-state index is 12.5. The summed E-state index contributed by atoms with van der Waals surface area (Å²) < 4.78 is 42.6. The Morgan fingerprint density at radius 2 is 1.91 bits per heavy atom. The van der Waals surface area contributed by atoms with Gasteiger partial charge in [0.05, 0.1) is 11.3 Å². The van der Waals surface area contributed by atoms with Crippen LogP contribution in [0.2, 0.25) is 0 Å². The van der Waals surface area contributed by atoms with E-state index in [9.17, 15) is 13.2 Å². The van der Waals surface area contributed by atoms with E-state index in [2.05, 4.69) is 25.3 Å². The molecule has 3 rings (SSSR count). The first kappa shape index (κ1) is 15.3. The molecule has 0 saturated carbocycles. The summed E-state index contributed by atoms with van der Waals surface area (Å²) in [5.74, 6) is 1.02. The maximum Gasteiger partial charge on any atom is 0.416 e. The molecule has 7 nitrogen and oxygen atoms in total. The van der Waals surface area contributed by atoms with Gasteiger partial charge in [-0.3, -0.25) is 0 Å². The van der Waals surface area contributed by atoms with Crippen LogP contribution in [0.1, 0.15) is 11.5 Å². The Morgan fingerprint density at radius 3 is 2.52 bits per heavy atom. The molecular formula is C12H9F3N6OS. The zero-order valence-corrected chi connectivity index (χ0v) is 12.1. The summed E-state index contributed by atoms with van der Waals surface area (Å²) >= 11 is 1.23. The van der Waals surface area contributed by atoms with Crippen LogP contribution in [0.4, 0.5) is 19.1 Å². The molecule has 120 valence electrons. The lowest BCUT2D eigenvalue weighted by atomic mass is 10.1. The van der Waals surface area contributed by atoms with Gasteiger partial charge in [0.1, 0.15) is 0 Å². The van der Waals surface area contributed by atoms with Crippen molar-refractivity contribution in [2.24, 2.45) is 0 Å². The number of nitrogens with two attached hydrogens (primary N) is 1. The lowest BCUT2D eigenvalue weighted by molar-refractivity contribution is -0.137. The first-order chi connectivity index (χ1) is 10.9. The van der Waals surface area contributed by atoms with Crippen molar-refractivity contribution in [2.75, 3.05) is 5.73 Å². The molecule has 1 aromatic carbocycles. The van der Waals surface area contributed by atoms with Crippen LogP contribution in [0.25, 0.3) is 11.4 Å². The van der Waals surface area contributed by atoms with Gasteiger partial charge in [-0.25, -0.2) is 5.10 Å². The van der Waals surface area contributed by atoms with Gasteiger partial charge in [-0.1, -0.05) is 29.1 Å². The summed E-state index contributed by atoms with van der Waals surface area (Å²) in [6.07, 6.45) is -4.38. The van der Waals surface area contributed by atoms with E-state index in [4.69, 9.17) is 10.3 Å². The molecule has 23 heavy (non-hydrogen) atoms. The summed E-state index contributed by atoms with van der Waals surface area (Å²) in [6, 6.07) is 4.52. The predicted octanol–water partition coefficient (Wildman–Crippen LogP) is 2.75. The molecule has 3 aromatic rings. The second kappa shape index (κ2) is 5.91. The van der Waals surface area contributed by atoms with E-state index in [-0.39, 0.29) is 11.8 Å². The van der Waals surface area contributed by atoms with E-state index >= 15 is 0 Å². The lowest BCUT2D eigenvalue weighted by Gasteiger charge is -2.05. The Bertz CT molecular complexity index is 798. The fraction of sp³-hybridized carbons (Fsp3) is 0.167. The first-order valence-electron chi connectivity index (χ1n) is 6.23. The van der Waals surface area contributed by atoms with Gasteiger partial charge in [-0.2, -0.15) is 23.1 Å². The highest BCUT2D eigenvalue weighted by atomic mass is 32.2. The first-order valence-corrected chi connectivity index (χ1v) is 7.21. The summed E-state index contributed by atoms with van der Waals surface area (Å²) in [5.41, 5.74) is 5.09. The number of nitrogens with zero attached hydrogens (tertiary/aromatic N) is 4. The quantitative estimate of drug-likeness (QED) is 0.702.